The van der Waals surface area contributed by atoms with Crippen LogP contribution in [-0.4, -0.2) is 49.8 Å². The Morgan fingerprint density at radius 2 is 1.87 bits per heavy atom. The number of likely N-dealkylation sites (N-methyl/N-ethyl adjacent to an activating group) is 1. The van der Waals surface area contributed by atoms with Crippen molar-refractivity contribution >= 4 is 17.5 Å². The maximum atomic E-state index is 11.4. The molecule has 0 spiro atoms. The summed E-state index contributed by atoms with van der Waals surface area (Å²) in [6.45, 7) is 5.38. The fourth-order valence-electron chi connectivity index (χ4n) is 1.12. The predicted octanol–water partition coefficient (Wildman–Crippen LogP) is 1.47. The van der Waals surface area contributed by atoms with Gasteiger partial charge in [0.15, 0.2) is 6.29 Å². The van der Waals surface area contributed by atoms with Gasteiger partial charge in [-0.1, -0.05) is 0 Å². The third-order valence-corrected chi connectivity index (χ3v) is 2.05. The molecule has 5 heteroatoms. The van der Waals surface area contributed by atoms with E-state index in [-0.39, 0.29) is 12.2 Å². The second-order valence-corrected chi connectivity index (χ2v) is 3.43. The van der Waals surface area contributed by atoms with Crippen LogP contribution in [0.4, 0.5) is 0 Å². The van der Waals surface area contributed by atoms with Crippen molar-refractivity contribution in [2.45, 2.75) is 26.6 Å². The van der Waals surface area contributed by atoms with Gasteiger partial charge in [0, 0.05) is 32.6 Å². The lowest BCUT2D eigenvalue weighted by Gasteiger charge is -2.23. The molecule has 0 atom stereocenters. The van der Waals surface area contributed by atoms with Crippen LogP contribution in [0.15, 0.2) is 0 Å². The lowest BCUT2D eigenvalue weighted by molar-refractivity contribution is -0.156. The first-order valence-corrected chi connectivity index (χ1v) is 5.72. The van der Waals surface area contributed by atoms with E-state index in [9.17, 15) is 4.79 Å². The van der Waals surface area contributed by atoms with Gasteiger partial charge in [0.1, 0.15) is 0 Å². The SMILES string of the molecule is CCOC(CN(C)C(=O)CCCl)OCC. The molecule has 1 amide bonds. The first kappa shape index (κ1) is 14.7. The predicted molar refractivity (Wildman–Crippen MR) is 60.0 cm³/mol. The minimum atomic E-state index is -0.343. The van der Waals surface area contributed by atoms with Gasteiger partial charge in [0.05, 0.1) is 6.54 Å². The molecule has 0 aliphatic rings. The zero-order chi connectivity index (χ0) is 11.7. The van der Waals surface area contributed by atoms with Crippen LogP contribution in [0.2, 0.25) is 0 Å². The number of rotatable bonds is 8. The van der Waals surface area contributed by atoms with Crippen molar-refractivity contribution in [2.24, 2.45) is 0 Å². The van der Waals surface area contributed by atoms with Crippen LogP contribution in [0.5, 0.6) is 0 Å². The smallest absolute Gasteiger partial charge is 0.223 e. The first-order chi connectivity index (χ1) is 7.15. The first-order valence-electron chi connectivity index (χ1n) is 5.18. The van der Waals surface area contributed by atoms with E-state index >= 15 is 0 Å². The number of nitrogens with zero attached hydrogens (tertiary/aromatic N) is 1. The molecule has 0 fully saturated rings. The number of carbonyl (C=O) groups is 1. The van der Waals surface area contributed by atoms with Gasteiger partial charge < -0.3 is 14.4 Å². The highest BCUT2D eigenvalue weighted by atomic mass is 35.5. The van der Waals surface area contributed by atoms with Crippen LogP contribution in [0.3, 0.4) is 0 Å². The second-order valence-electron chi connectivity index (χ2n) is 3.05. The zero-order valence-corrected chi connectivity index (χ0v) is 10.4. The van der Waals surface area contributed by atoms with Crippen molar-refractivity contribution in [3.05, 3.63) is 0 Å². The summed E-state index contributed by atoms with van der Waals surface area (Å²) in [6, 6.07) is 0. The van der Waals surface area contributed by atoms with Crippen LogP contribution < -0.4 is 0 Å². The van der Waals surface area contributed by atoms with Crippen LogP contribution in [0.25, 0.3) is 0 Å². The Labute approximate surface area is 96.5 Å². The summed E-state index contributed by atoms with van der Waals surface area (Å²) in [5.41, 5.74) is 0. The van der Waals surface area contributed by atoms with Crippen molar-refractivity contribution in [2.75, 3.05) is 32.7 Å². The fourth-order valence-corrected chi connectivity index (χ4v) is 1.28. The zero-order valence-electron chi connectivity index (χ0n) is 9.66. The third kappa shape index (κ3) is 6.71. The van der Waals surface area contributed by atoms with E-state index in [1.165, 1.54) is 0 Å². The molecular weight excluding hydrogens is 218 g/mol. The Bertz CT molecular complexity index is 172. The molecule has 0 saturated carbocycles. The molecule has 90 valence electrons. The number of hydrogen-bond donors (Lipinski definition) is 0. The van der Waals surface area contributed by atoms with Gasteiger partial charge in [-0.05, 0) is 13.8 Å². The van der Waals surface area contributed by atoms with Crippen molar-refractivity contribution in [3.63, 3.8) is 0 Å². The van der Waals surface area contributed by atoms with E-state index in [1.807, 2.05) is 13.8 Å². The molecule has 0 saturated heterocycles. The molecule has 0 aromatic heterocycles. The van der Waals surface area contributed by atoms with Crippen LogP contribution in [-0.2, 0) is 14.3 Å². The Balaban J connectivity index is 3.96. The largest absolute Gasteiger partial charge is 0.351 e. The molecule has 0 radical (unpaired) electrons. The van der Waals surface area contributed by atoms with E-state index in [2.05, 4.69) is 0 Å². The Morgan fingerprint density at radius 1 is 1.33 bits per heavy atom. The van der Waals surface area contributed by atoms with E-state index < -0.39 is 0 Å². The van der Waals surface area contributed by atoms with Gasteiger partial charge in [-0.2, -0.15) is 0 Å². The van der Waals surface area contributed by atoms with Crippen molar-refractivity contribution in [3.8, 4) is 0 Å². The monoisotopic (exact) mass is 237 g/mol. The van der Waals surface area contributed by atoms with Crippen LogP contribution >= 0.6 is 11.6 Å². The van der Waals surface area contributed by atoms with Crippen molar-refractivity contribution in [1.82, 2.24) is 4.90 Å². The summed E-state index contributed by atoms with van der Waals surface area (Å²) in [4.78, 5) is 13.0. The summed E-state index contributed by atoms with van der Waals surface area (Å²) in [7, 11) is 1.72. The Kier molecular flexibility index (Phi) is 8.76. The number of amides is 1. The van der Waals surface area contributed by atoms with E-state index in [0.717, 1.165) is 0 Å². The normalized spacial score (nSPS) is 10.7. The highest BCUT2D eigenvalue weighted by Gasteiger charge is 2.15. The van der Waals surface area contributed by atoms with E-state index in [0.29, 0.717) is 32.1 Å². The molecule has 0 heterocycles. The lowest BCUT2D eigenvalue weighted by Crippen LogP contribution is -2.37. The highest BCUT2D eigenvalue weighted by molar-refractivity contribution is 6.18. The summed E-state index contributed by atoms with van der Waals surface area (Å²) < 4.78 is 10.7. The number of hydrogen-bond acceptors (Lipinski definition) is 3. The molecule has 0 aromatic rings. The molecule has 0 bridgehead atoms. The lowest BCUT2D eigenvalue weighted by atomic mass is 10.4. The van der Waals surface area contributed by atoms with E-state index in [4.69, 9.17) is 21.1 Å². The minimum absolute atomic E-state index is 0.00871. The topological polar surface area (TPSA) is 38.8 Å². The van der Waals surface area contributed by atoms with Crippen LogP contribution in [0.1, 0.15) is 20.3 Å². The van der Waals surface area contributed by atoms with Gasteiger partial charge in [0.25, 0.3) is 0 Å². The molecule has 0 unspecified atom stereocenters. The average Bonchev–Trinajstić information content (AvgIpc) is 2.18. The number of halogens is 1. The molecule has 4 nitrogen and oxygen atoms in total. The van der Waals surface area contributed by atoms with Crippen molar-refractivity contribution in [1.29, 1.82) is 0 Å². The number of ether oxygens (including phenoxy) is 2. The number of carbonyl (C=O) groups excluding carboxylic acids is 1. The molecule has 0 N–H and O–H groups in total. The van der Waals surface area contributed by atoms with Gasteiger partial charge in [-0.3, -0.25) is 4.79 Å². The molecule has 15 heavy (non-hydrogen) atoms. The maximum Gasteiger partial charge on any atom is 0.223 e. The Morgan fingerprint density at radius 3 is 2.27 bits per heavy atom. The van der Waals surface area contributed by atoms with Crippen molar-refractivity contribution < 1.29 is 14.3 Å². The molecule has 0 aromatic carbocycles. The minimum Gasteiger partial charge on any atom is -0.351 e. The van der Waals surface area contributed by atoms with Gasteiger partial charge >= 0.3 is 0 Å². The Hall–Kier alpha value is -0.320. The maximum absolute atomic E-state index is 11.4. The average molecular weight is 238 g/mol. The molecule has 0 aliphatic carbocycles. The third-order valence-electron chi connectivity index (χ3n) is 1.86. The van der Waals surface area contributed by atoms with Gasteiger partial charge in [0.2, 0.25) is 5.91 Å². The molecule has 0 rings (SSSR count). The standard InChI is InChI=1S/C10H20ClNO3/c1-4-14-10(15-5-2)8-12(3)9(13)6-7-11/h10H,4-8H2,1-3H3. The summed E-state index contributed by atoms with van der Waals surface area (Å²) in [5.74, 6) is 0.353. The summed E-state index contributed by atoms with van der Waals surface area (Å²) in [5, 5.41) is 0. The number of alkyl halides is 1. The summed E-state index contributed by atoms with van der Waals surface area (Å²) >= 11 is 5.49. The second kappa shape index (κ2) is 8.95. The van der Waals surface area contributed by atoms with Gasteiger partial charge in [-0.25, -0.2) is 0 Å². The summed E-state index contributed by atoms with van der Waals surface area (Å²) in [6.07, 6.45) is 0.00696. The fraction of sp³-hybridized carbons (Fsp3) is 0.900. The van der Waals surface area contributed by atoms with Gasteiger partial charge in [-0.15, -0.1) is 11.6 Å². The molecule has 0 aliphatic heterocycles. The molecular formula is C10H20ClNO3. The quantitative estimate of drug-likeness (QED) is 0.474. The van der Waals surface area contributed by atoms with E-state index in [1.54, 1.807) is 11.9 Å². The van der Waals surface area contributed by atoms with Crippen LogP contribution in [0, 0.1) is 0 Å². The highest BCUT2D eigenvalue weighted by Crippen LogP contribution is 2.00.